The maximum absolute atomic E-state index is 12.7. The predicted octanol–water partition coefficient (Wildman–Crippen LogP) is 1.59. The van der Waals surface area contributed by atoms with Crippen molar-refractivity contribution in [3.05, 3.63) is 48.4 Å². The molecule has 0 aliphatic carbocycles. The second-order valence-electron chi connectivity index (χ2n) is 6.71. The van der Waals surface area contributed by atoms with Crippen LogP contribution in [0.4, 0.5) is 5.82 Å². The number of rotatable bonds is 5. The van der Waals surface area contributed by atoms with Crippen LogP contribution in [-0.4, -0.2) is 65.3 Å². The Morgan fingerprint density at radius 3 is 3.00 bits per heavy atom. The molecule has 7 nitrogen and oxygen atoms in total. The lowest BCUT2D eigenvalue weighted by molar-refractivity contribution is -0.000149. The molecule has 2 heterocycles. The summed E-state index contributed by atoms with van der Waals surface area (Å²) in [7, 11) is 3.28. The summed E-state index contributed by atoms with van der Waals surface area (Å²) in [6.07, 6.45) is 6.42. The minimum atomic E-state index is -0.987. The molecule has 2 aromatic rings. The molecule has 1 fully saturated rings. The zero-order chi connectivity index (χ0) is 18.6. The van der Waals surface area contributed by atoms with E-state index in [2.05, 4.69) is 9.97 Å². The smallest absolute Gasteiger partial charge is 0.253 e. The third kappa shape index (κ3) is 4.11. The molecule has 7 heteroatoms. The van der Waals surface area contributed by atoms with Crippen LogP contribution in [0.2, 0.25) is 0 Å². The molecular weight excluding hydrogens is 332 g/mol. The number of piperidine rings is 1. The number of amides is 1. The third-order valence-corrected chi connectivity index (χ3v) is 4.62. The van der Waals surface area contributed by atoms with Crippen molar-refractivity contribution in [2.75, 3.05) is 38.7 Å². The minimum Gasteiger partial charge on any atom is -0.497 e. The van der Waals surface area contributed by atoms with E-state index in [0.717, 1.165) is 18.8 Å². The molecule has 1 amide bonds. The van der Waals surface area contributed by atoms with Gasteiger partial charge in [0.25, 0.3) is 5.91 Å². The van der Waals surface area contributed by atoms with E-state index in [1.807, 2.05) is 4.90 Å². The van der Waals surface area contributed by atoms with Crippen molar-refractivity contribution in [1.82, 2.24) is 14.9 Å². The first-order chi connectivity index (χ1) is 12.5. The fourth-order valence-corrected chi connectivity index (χ4v) is 3.38. The molecular formula is C19H24N4O3. The molecule has 26 heavy (non-hydrogen) atoms. The Kier molecular flexibility index (Phi) is 5.37. The quantitative estimate of drug-likeness (QED) is 0.876. The molecule has 0 bridgehead atoms. The highest BCUT2D eigenvalue weighted by Crippen LogP contribution is 2.25. The van der Waals surface area contributed by atoms with Crippen molar-refractivity contribution >= 4 is 11.7 Å². The van der Waals surface area contributed by atoms with Crippen LogP contribution in [0.25, 0.3) is 0 Å². The highest BCUT2D eigenvalue weighted by Gasteiger charge is 2.36. The number of benzene rings is 1. The molecule has 1 N–H and O–H groups in total. The number of anilines is 1. The zero-order valence-corrected chi connectivity index (χ0v) is 15.1. The van der Waals surface area contributed by atoms with Crippen molar-refractivity contribution in [2.24, 2.45) is 0 Å². The lowest BCUT2D eigenvalue weighted by Crippen LogP contribution is -2.54. The molecule has 3 rings (SSSR count). The van der Waals surface area contributed by atoms with E-state index in [1.54, 1.807) is 61.9 Å². The average Bonchev–Trinajstić information content (AvgIpc) is 2.67. The van der Waals surface area contributed by atoms with Gasteiger partial charge in [-0.15, -0.1) is 0 Å². The van der Waals surface area contributed by atoms with Crippen molar-refractivity contribution < 1.29 is 14.6 Å². The molecule has 1 aliphatic rings. The van der Waals surface area contributed by atoms with Crippen molar-refractivity contribution in [3.63, 3.8) is 0 Å². The van der Waals surface area contributed by atoms with Gasteiger partial charge in [0.2, 0.25) is 0 Å². The Bertz CT molecular complexity index is 755. The topological polar surface area (TPSA) is 78.8 Å². The van der Waals surface area contributed by atoms with E-state index in [0.29, 0.717) is 24.3 Å². The SMILES string of the molecule is COc1cccc(C(=O)N(C)CC2(O)CCCN(c3cnccn3)C2)c1. The van der Waals surface area contributed by atoms with Crippen molar-refractivity contribution in [2.45, 2.75) is 18.4 Å². The highest BCUT2D eigenvalue weighted by molar-refractivity contribution is 5.94. The summed E-state index contributed by atoms with van der Waals surface area (Å²) in [5.41, 5.74) is -0.448. The molecule has 1 aliphatic heterocycles. The van der Waals surface area contributed by atoms with E-state index in [-0.39, 0.29) is 12.5 Å². The summed E-state index contributed by atoms with van der Waals surface area (Å²) in [6, 6.07) is 7.03. The minimum absolute atomic E-state index is 0.144. The van der Waals surface area contributed by atoms with Gasteiger partial charge in [-0.2, -0.15) is 0 Å². The summed E-state index contributed by atoms with van der Waals surface area (Å²) in [5.74, 6) is 1.23. The summed E-state index contributed by atoms with van der Waals surface area (Å²) >= 11 is 0. The average molecular weight is 356 g/mol. The first-order valence-electron chi connectivity index (χ1n) is 8.64. The van der Waals surface area contributed by atoms with Gasteiger partial charge in [0.1, 0.15) is 11.6 Å². The molecule has 0 saturated carbocycles. The van der Waals surface area contributed by atoms with E-state index in [1.165, 1.54) is 0 Å². The van der Waals surface area contributed by atoms with Crippen LogP contribution in [0, 0.1) is 0 Å². The molecule has 1 aromatic heterocycles. The molecule has 1 aromatic carbocycles. The van der Waals surface area contributed by atoms with Crippen LogP contribution in [0.1, 0.15) is 23.2 Å². The first kappa shape index (κ1) is 18.1. The van der Waals surface area contributed by atoms with Crippen LogP contribution < -0.4 is 9.64 Å². The van der Waals surface area contributed by atoms with Crippen LogP contribution >= 0.6 is 0 Å². The second-order valence-corrected chi connectivity index (χ2v) is 6.71. The van der Waals surface area contributed by atoms with E-state index < -0.39 is 5.60 Å². The van der Waals surface area contributed by atoms with Crippen LogP contribution in [0.3, 0.4) is 0 Å². The number of hydrogen-bond donors (Lipinski definition) is 1. The summed E-state index contributed by atoms with van der Waals surface area (Å²) in [4.78, 5) is 24.7. The monoisotopic (exact) mass is 356 g/mol. The molecule has 138 valence electrons. The lowest BCUT2D eigenvalue weighted by atomic mass is 9.92. The molecule has 0 radical (unpaired) electrons. The number of ether oxygens (including phenoxy) is 1. The molecule has 1 saturated heterocycles. The molecule has 0 spiro atoms. The van der Waals surface area contributed by atoms with Gasteiger partial charge in [0.05, 0.1) is 25.5 Å². The maximum atomic E-state index is 12.7. The van der Waals surface area contributed by atoms with Gasteiger partial charge < -0.3 is 19.6 Å². The van der Waals surface area contributed by atoms with Crippen LogP contribution in [0.15, 0.2) is 42.9 Å². The van der Waals surface area contributed by atoms with Gasteiger partial charge in [-0.05, 0) is 31.0 Å². The van der Waals surface area contributed by atoms with E-state index in [4.69, 9.17) is 4.74 Å². The van der Waals surface area contributed by atoms with Gasteiger partial charge in [-0.25, -0.2) is 4.98 Å². The van der Waals surface area contributed by atoms with Gasteiger partial charge in [-0.3, -0.25) is 9.78 Å². The summed E-state index contributed by atoms with van der Waals surface area (Å²) in [6.45, 7) is 1.48. The summed E-state index contributed by atoms with van der Waals surface area (Å²) in [5, 5.41) is 11.1. The number of methoxy groups -OCH3 is 1. The number of carbonyl (C=O) groups is 1. The second kappa shape index (κ2) is 7.70. The normalized spacial score (nSPS) is 19.9. The number of aromatic nitrogens is 2. The fourth-order valence-electron chi connectivity index (χ4n) is 3.38. The summed E-state index contributed by atoms with van der Waals surface area (Å²) < 4.78 is 5.18. The van der Waals surface area contributed by atoms with E-state index >= 15 is 0 Å². The predicted molar refractivity (Wildman–Crippen MR) is 98.4 cm³/mol. The van der Waals surface area contributed by atoms with Gasteiger partial charge >= 0.3 is 0 Å². The first-order valence-corrected chi connectivity index (χ1v) is 8.64. The van der Waals surface area contributed by atoms with Crippen LogP contribution in [0.5, 0.6) is 5.75 Å². The third-order valence-electron chi connectivity index (χ3n) is 4.62. The van der Waals surface area contributed by atoms with Crippen LogP contribution in [-0.2, 0) is 0 Å². The number of likely N-dealkylation sites (N-methyl/N-ethyl adjacent to an activating group) is 1. The number of aliphatic hydroxyl groups is 1. The maximum Gasteiger partial charge on any atom is 0.253 e. The van der Waals surface area contributed by atoms with Crippen molar-refractivity contribution in [3.8, 4) is 5.75 Å². The number of β-amino-alcohol motifs (C(OH)–C–C–N with tert-alkyl or cyclic N) is 1. The molecule has 1 unspecified atom stereocenters. The largest absolute Gasteiger partial charge is 0.497 e. The molecule has 1 atom stereocenters. The number of carbonyl (C=O) groups excluding carboxylic acids is 1. The van der Waals surface area contributed by atoms with Gasteiger partial charge in [0, 0.05) is 38.1 Å². The zero-order valence-electron chi connectivity index (χ0n) is 15.1. The number of hydrogen-bond acceptors (Lipinski definition) is 6. The Morgan fingerprint density at radius 1 is 1.42 bits per heavy atom. The van der Waals surface area contributed by atoms with Crippen molar-refractivity contribution in [1.29, 1.82) is 0 Å². The lowest BCUT2D eigenvalue weighted by Gasteiger charge is -2.41. The number of nitrogens with zero attached hydrogens (tertiary/aromatic N) is 4. The van der Waals surface area contributed by atoms with Gasteiger partial charge in [-0.1, -0.05) is 6.07 Å². The highest BCUT2D eigenvalue weighted by atomic mass is 16.5. The van der Waals surface area contributed by atoms with E-state index in [9.17, 15) is 9.90 Å². The Labute approximate surface area is 153 Å². The van der Waals surface area contributed by atoms with Gasteiger partial charge in [0.15, 0.2) is 0 Å². The standard InChI is InChI=1S/C19H24N4O3/c1-22(18(24)15-5-3-6-16(11-15)26-2)13-19(25)7-4-10-23(14-19)17-12-20-8-9-21-17/h3,5-6,8-9,11-12,25H,4,7,10,13-14H2,1-2H3. The fraction of sp³-hybridized carbons (Fsp3) is 0.421. The Balaban J connectivity index is 1.69. The Hall–Kier alpha value is -2.67. The Morgan fingerprint density at radius 2 is 2.27 bits per heavy atom.